The van der Waals surface area contributed by atoms with Gasteiger partial charge in [0.05, 0.1) is 17.4 Å². The number of benzene rings is 2. The van der Waals surface area contributed by atoms with Crippen molar-refractivity contribution in [1.82, 2.24) is 4.98 Å². The molecule has 0 radical (unpaired) electrons. The average Bonchev–Trinajstić information content (AvgIpc) is 2.63. The van der Waals surface area contributed by atoms with Crippen molar-refractivity contribution in [1.29, 1.82) is 0 Å². The number of ether oxygens (including phenoxy) is 1. The van der Waals surface area contributed by atoms with Gasteiger partial charge in [-0.1, -0.05) is 30.0 Å². The van der Waals surface area contributed by atoms with Crippen molar-refractivity contribution in [2.24, 2.45) is 0 Å². The molecule has 3 aromatic rings. The van der Waals surface area contributed by atoms with Gasteiger partial charge in [0.2, 0.25) is 5.91 Å². The molecule has 1 aromatic heterocycles. The Morgan fingerprint density at radius 3 is 2.69 bits per heavy atom. The Kier molecular flexibility index (Phi) is 5.78. The first-order chi connectivity index (χ1) is 12.6. The van der Waals surface area contributed by atoms with Crippen LogP contribution in [0.1, 0.15) is 19.4 Å². The number of hydrogen-bond donors (Lipinski definition) is 1. The zero-order valence-corrected chi connectivity index (χ0v) is 16.0. The van der Waals surface area contributed by atoms with E-state index in [1.807, 2.05) is 69.3 Å². The monoisotopic (exact) mass is 366 g/mol. The van der Waals surface area contributed by atoms with Gasteiger partial charge < -0.3 is 10.1 Å². The summed E-state index contributed by atoms with van der Waals surface area (Å²) in [5.41, 5.74) is 2.75. The van der Waals surface area contributed by atoms with Crippen LogP contribution in [0, 0.1) is 6.92 Å². The number of hydrogen-bond acceptors (Lipinski definition) is 4. The summed E-state index contributed by atoms with van der Waals surface area (Å²) in [7, 11) is 0. The van der Waals surface area contributed by atoms with E-state index in [9.17, 15) is 4.79 Å². The molecule has 0 aliphatic heterocycles. The highest BCUT2D eigenvalue weighted by Crippen LogP contribution is 2.29. The number of anilines is 1. The van der Waals surface area contributed by atoms with Gasteiger partial charge in [0.25, 0.3) is 0 Å². The third-order valence-corrected chi connectivity index (χ3v) is 5.14. The number of nitrogens with one attached hydrogen (secondary N) is 1. The minimum Gasteiger partial charge on any atom is -0.494 e. The number of fused-ring (bicyclic) bond motifs is 1. The molecule has 0 spiro atoms. The lowest BCUT2D eigenvalue weighted by atomic mass is 10.1. The Balaban J connectivity index is 1.76. The molecule has 0 saturated heterocycles. The van der Waals surface area contributed by atoms with Crippen molar-refractivity contribution in [2.75, 3.05) is 11.9 Å². The van der Waals surface area contributed by atoms with Crippen LogP contribution in [0.25, 0.3) is 10.9 Å². The summed E-state index contributed by atoms with van der Waals surface area (Å²) in [5.74, 6) is 0.811. The highest BCUT2D eigenvalue weighted by atomic mass is 32.2. The van der Waals surface area contributed by atoms with Crippen LogP contribution in [0.3, 0.4) is 0 Å². The molecule has 0 saturated carbocycles. The minimum atomic E-state index is -0.249. The van der Waals surface area contributed by atoms with Gasteiger partial charge in [-0.15, -0.1) is 0 Å². The molecule has 0 aliphatic carbocycles. The van der Waals surface area contributed by atoms with Gasteiger partial charge in [0.15, 0.2) is 0 Å². The quantitative estimate of drug-likeness (QED) is 0.620. The molecule has 4 nitrogen and oxygen atoms in total. The smallest absolute Gasteiger partial charge is 0.237 e. The Hall–Kier alpha value is -2.53. The van der Waals surface area contributed by atoms with E-state index in [-0.39, 0.29) is 11.2 Å². The average molecular weight is 366 g/mol. The number of rotatable bonds is 6. The van der Waals surface area contributed by atoms with E-state index in [1.54, 1.807) is 0 Å². The van der Waals surface area contributed by atoms with Crippen LogP contribution < -0.4 is 10.1 Å². The molecule has 0 fully saturated rings. The molecule has 1 atom stereocenters. The molecule has 1 N–H and O–H groups in total. The first kappa shape index (κ1) is 18.3. The molecule has 3 rings (SSSR count). The Bertz CT molecular complexity index is 913. The van der Waals surface area contributed by atoms with Crippen molar-refractivity contribution in [3.8, 4) is 5.75 Å². The maximum Gasteiger partial charge on any atom is 0.237 e. The molecule has 2 aromatic carbocycles. The van der Waals surface area contributed by atoms with Crippen LogP contribution in [0.5, 0.6) is 5.75 Å². The predicted octanol–water partition coefficient (Wildman–Crippen LogP) is 5.06. The van der Waals surface area contributed by atoms with E-state index in [4.69, 9.17) is 9.72 Å². The summed E-state index contributed by atoms with van der Waals surface area (Å²) >= 11 is 1.47. The highest BCUT2D eigenvalue weighted by Gasteiger charge is 2.17. The zero-order valence-electron chi connectivity index (χ0n) is 15.2. The van der Waals surface area contributed by atoms with E-state index in [0.717, 1.165) is 32.9 Å². The second-order valence-corrected chi connectivity index (χ2v) is 7.34. The molecule has 26 heavy (non-hydrogen) atoms. The second-order valence-electron chi connectivity index (χ2n) is 6.01. The number of thioether (sulfide) groups is 1. The molecular weight excluding hydrogens is 344 g/mol. The van der Waals surface area contributed by atoms with Gasteiger partial charge in [0.1, 0.15) is 10.8 Å². The maximum atomic E-state index is 12.4. The van der Waals surface area contributed by atoms with Crippen LogP contribution in [0.4, 0.5) is 5.69 Å². The van der Waals surface area contributed by atoms with Crippen molar-refractivity contribution in [3.05, 3.63) is 60.2 Å². The van der Waals surface area contributed by atoms with Crippen molar-refractivity contribution in [3.63, 3.8) is 0 Å². The van der Waals surface area contributed by atoms with Gasteiger partial charge >= 0.3 is 0 Å². The molecule has 0 bridgehead atoms. The maximum absolute atomic E-state index is 12.4. The third-order valence-electron chi connectivity index (χ3n) is 3.94. The fraction of sp³-hybridized carbons (Fsp3) is 0.238. The number of aryl methyl sites for hydroxylation is 1. The van der Waals surface area contributed by atoms with Crippen molar-refractivity contribution < 1.29 is 9.53 Å². The third kappa shape index (κ3) is 4.35. The molecule has 1 heterocycles. The van der Waals surface area contributed by atoms with Gasteiger partial charge in [-0.3, -0.25) is 4.79 Å². The fourth-order valence-corrected chi connectivity index (χ4v) is 3.50. The van der Waals surface area contributed by atoms with Crippen molar-refractivity contribution >= 4 is 34.3 Å². The highest BCUT2D eigenvalue weighted by molar-refractivity contribution is 8.00. The van der Waals surface area contributed by atoms with Gasteiger partial charge in [-0.2, -0.15) is 0 Å². The summed E-state index contributed by atoms with van der Waals surface area (Å²) in [6.07, 6.45) is 0. The first-order valence-electron chi connectivity index (χ1n) is 8.63. The lowest BCUT2D eigenvalue weighted by Crippen LogP contribution is -2.22. The van der Waals surface area contributed by atoms with Crippen LogP contribution in [-0.4, -0.2) is 22.7 Å². The van der Waals surface area contributed by atoms with E-state index >= 15 is 0 Å². The summed E-state index contributed by atoms with van der Waals surface area (Å²) < 4.78 is 5.55. The van der Waals surface area contributed by atoms with Crippen molar-refractivity contribution in [2.45, 2.75) is 31.0 Å². The van der Waals surface area contributed by atoms with Gasteiger partial charge in [-0.25, -0.2) is 4.98 Å². The standard InChI is InChI=1S/C21H22N2O2S/c1-4-25-18-10-11-19-16(13-18)12-14(2)21(23-19)26-15(3)20(24)22-17-8-6-5-7-9-17/h5-13,15H,4H2,1-3H3,(H,22,24)/t15-/m1/s1. The molecule has 0 aliphatic rings. The molecule has 5 heteroatoms. The van der Waals surface area contributed by atoms with Crippen LogP contribution in [0.15, 0.2) is 59.6 Å². The summed E-state index contributed by atoms with van der Waals surface area (Å²) in [5, 5.41) is 4.60. The SMILES string of the molecule is CCOc1ccc2nc(S[C@H](C)C(=O)Nc3ccccc3)c(C)cc2c1. The van der Waals surface area contributed by atoms with Crippen LogP contribution in [0.2, 0.25) is 0 Å². The summed E-state index contributed by atoms with van der Waals surface area (Å²) in [6.45, 7) is 6.52. The molecule has 0 unspecified atom stereocenters. The van der Waals surface area contributed by atoms with Crippen LogP contribution >= 0.6 is 11.8 Å². The lowest BCUT2D eigenvalue weighted by molar-refractivity contribution is -0.115. The molecule has 134 valence electrons. The van der Waals surface area contributed by atoms with E-state index < -0.39 is 0 Å². The van der Waals surface area contributed by atoms with Gasteiger partial charge in [0, 0.05) is 11.1 Å². The molecule has 1 amide bonds. The minimum absolute atomic E-state index is 0.0332. The lowest BCUT2D eigenvalue weighted by Gasteiger charge is -2.14. The number of para-hydroxylation sites is 1. The van der Waals surface area contributed by atoms with E-state index in [0.29, 0.717) is 6.61 Å². The number of aromatic nitrogens is 1. The number of carbonyl (C=O) groups excluding carboxylic acids is 1. The Morgan fingerprint density at radius 1 is 1.19 bits per heavy atom. The zero-order chi connectivity index (χ0) is 18.5. The number of amides is 1. The Labute approximate surface area is 158 Å². The largest absolute Gasteiger partial charge is 0.494 e. The van der Waals surface area contributed by atoms with E-state index in [1.165, 1.54) is 11.8 Å². The second kappa shape index (κ2) is 8.23. The topological polar surface area (TPSA) is 51.2 Å². The summed E-state index contributed by atoms with van der Waals surface area (Å²) in [4.78, 5) is 17.2. The number of nitrogens with zero attached hydrogens (tertiary/aromatic N) is 1. The number of carbonyl (C=O) groups is 1. The predicted molar refractivity (Wildman–Crippen MR) is 108 cm³/mol. The molecular formula is C21H22N2O2S. The van der Waals surface area contributed by atoms with Gasteiger partial charge in [-0.05, 0) is 62.7 Å². The fourth-order valence-electron chi connectivity index (χ4n) is 2.60. The number of pyridine rings is 1. The first-order valence-corrected chi connectivity index (χ1v) is 9.51. The summed E-state index contributed by atoms with van der Waals surface area (Å²) in [6, 6.07) is 17.5. The van der Waals surface area contributed by atoms with E-state index in [2.05, 4.69) is 11.4 Å². The van der Waals surface area contributed by atoms with Crippen LogP contribution in [-0.2, 0) is 4.79 Å². The Morgan fingerprint density at radius 2 is 1.96 bits per heavy atom. The normalized spacial score (nSPS) is 12.0.